The number of piperidine rings is 2. The zero-order chi connectivity index (χ0) is 14.1. The molecule has 2 fully saturated rings. The van der Waals surface area contributed by atoms with Crippen molar-refractivity contribution in [2.45, 2.75) is 25.3 Å². The van der Waals surface area contributed by atoms with E-state index >= 15 is 0 Å². The van der Waals surface area contributed by atoms with Gasteiger partial charge in [-0.15, -0.1) is 0 Å². The Morgan fingerprint density at radius 3 is 2.85 bits per heavy atom. The fourth-order valence-electron chi connectivity index (χ4n) is 3.64. The highest BCUT2D eigenvalue weighted by Gasteiger charge is 2.36. The van der Waals surface area contributed by atoms with E-state index in [1.807, 2.05) is 24.3 Å². The van der Waals surface area contributed by atoms with E-state index in [0.717, 1.165) is 28.6 Å². The largest absolute Gasteiger partial charge is 0.338 e. The summed E-state index contributed by atoms with van der Waals surface area (Å²) in [4.78, 5) is 17.2. The Morgan fingerprint density at radius 1 is 1.25 bits per heavy atom. The molecule has 3 nitrogen and oxygen atoms in total. The first-order valence-corrected chi connectivity index (χ1v) is 8.48. The molecule has 2 saturated heterocycles. The molecule has 1 aromatic carbocycles. The van der Waals surface area contributed by atoms with E-state index in [1.165, 1.54) is 19.4 Å². The molecule has 2 heterocycles. The fourth-order valence-corrected chi connectivity index (χ4v) is 4.26. The van der Waals surface area contributed by atoms with Crippen LogP contribution in [0.15, 0.2) is 24.3 Å². The van der Waals surface area contributed by atoms with Gasteiger partial charge < -0.3 is 9.80 Å². The third-order valence-corrected chi connectivity index (χ3v) is 5.68. The van der Waals surface area contributed by atoms with Crippen LogP contribution >= 0.6 is 22.6 Å². The number of fused-ring (bicyclic) bond motifs is 1. The molecule has 0 aliphatic carbocycles. The van der Waals surface area contributed by atoms with Crippen LogP contribution < -0.4 is 0 Å². The van der Waals surface area contributed by atoms with Gasteiger partial charge in [0.1, 0.15) is 0 Å². The Labute approximate surface area is 134 Å². The van der Waals surface area contributed by atoms with E-state index in [9.17, 15) is 4.79 Å². The molecule has 0 radical (unpaired) electrons. The zero-order valence-corrected chi connectivity index (χ0v) is 14.0. The summed E-state index contributed by atoms with van der Waals surface area (Å²) in [5.74, 6) is 0.870. The van der Waals surface area contributed by atoms with Crippen LogP contribution in [0.5, 0.6) is 0 Å². The Hall–Kier alpha value is -0.620. The molecule has 0 saturated carbocycles. The van der Waals surface area contributed by atoms with Gasteiger partial charge in [-0.1, -0.05) is 12.1 Å². The Morgan fingerprint density at radius 2 is 2.05 bits per heavy atom. The summed E-state index contributed by atoms with van der Waals surface area (Å²) in [5, 5.41) is 0. The molecule has 1 aromatic rings. The van der Waals surface area contributed by atoms with Crippen LogP contribution in [0.1, 0.15) is 29.6 Å². The maximum Gasteiger partial charge on any atom is 0.254 e. The van der Waals surface area contributed by atoms with Crippen molar-refractivity contribution >= 4 is 28.5 Å². The van der Waals surface area contributed by atoms with E-state index in [0.29, 0.717) is 12.0 Å². The van der Waals surface area contributed by atoms with Crippen molar-refractivity contribution in [2.75, 3.05) is 26.7 Å². The van der Waals surface area contributed by atoms with Crippen LogP contribution in [0.4, 0.5) is 0 Å². The first kappa shape index (κ1) is 14.3. The van der Waals surface area contributed by atoms with Crippen molar-refractivity contribution in [1.29, 1.82) is 0 Å². The second kappa shape index (κ2) is 6.02. The van der Waals surface area contributed by atoms with Gasteiger partial charge in [0.05, 0.1) is 5.56 Å². The van der Waals surface area contributed by atoms with Crippen LogP contribution in [-0.2, 0) is 0 Å². The topological polar surface area (TPSA) is 23.6 Å². The van der Waals surface area contributed by atoms with E-state index in [2.05, 4.69) is 39.4 Å². The predicted octanol–water partition coefficient (Wildman–Crippen LogP) is 2.85. The minimum Gasteiger partial charge on any atom is -0.338 e. The third-order valence-electron chi connectivity index (χ3n) is 4.74. The number of benzene rings is 1. The second-order valence-corrected chi connectivity index (χ2v) is 7.13. The molecular weight excluding hydrogens is 363 g/mol. The van der Waals surface area contributed by atoms with Gasteiger partial charge in [-0.2, -0.15) is 0 Å². The normalized spacial score (nSPS) is 27.2. The van der Waals surface area contributed by atoms with Crippen LogP contribution in [0, 0.1) is 9.49 Å². The lowest BCUT2D eigenvalue weighted by Gasteiger charge is -2.46. The number of nitrogens with zero attached hydrogens (tertiary/aromatic N) is 2. The van der Waals surface area contributed by atoms with Crippen LogP contribution in [0.25, 0.3) is 0 Å². The van der Waals surface area contributed by atoms with E-state index < -0.39 is 0 Å². The molecule has 1 amide bonds. The third kappa shape index (κ3) is 2.72. The number of halogens is 1. The van der Waals surface area contributed by atoms with Crippen molar-refractivity contribution in [3.8, 4) is 0 Å². The minimum atomic E-state index is 0.210. The van der Waals surface area contributed by atoms with Crippen LogP contribution in [0.3, 0.4) is 0 Å². The number of amides is 1. The van der Waals surface area contributed by atoms with Crippen molar-refractivity contribution in [1.82, 2.24) is 9.80 Å². The lowest BCUT2D eigenvalue weighted by atomic mass is 9.84. The Balaban J connectivity index is 1.73. The number of carbonyl (C=O) groups excluding carboxylic acids is 1. The van der Waals surface area contributed by atoms with Crippen molar-refractivity contribution < 1.29 is 4.79 Å². The average Bonchev–Trinajstić information content (AvgIpc) is 2.47. The Kier molecular flexibility index (Phi) is 4.31. The predicted molar refractivity (Wildman–Crippen MR) is 88.8 cm³/mol. The van der Waals surface area contributed by atoms with Gasteiger partial charge in [0.15, 0.2) is 0 Å². The van der Waals surface area contributed by atoms with E-state index in [1.54, 1.807) is 0 Å². The highest BCUT2D eigenvalue weighted by Crippen LogP contribution is 2.30. The summed E-state index contributed by atoms with van der Waals surface area (Å²) in [6.07, 6.45) is 3.66. The molecule has 0 N–H and O–H groups in total. The summed E-state index contributed by atoms with van der Waals surface area (Å²) in [6, 6.07) is 8.58. The Bertz CT molecular complexity index is 505. The molecule has 20 heavy (non-hydrogen) atoms. The van der Waals surface area contributed by atoms with Crippen molar-refractivity contribution in [2.24, 2.45) is 5.92 Å². The van der Waals surface area contributed by atoms with Crippen LogP contribution in [-0.4, -0.2) is 48.4 Å². The molecule has 0 aromatic heterocycles. The number of carbonyl (C=O) groups is 1. The molecule has 4 heteroatoms. The van der Waals surface area contributed by atoms with Gasteiger partial charge in [-0.3, -0.25) is 4.79 Å². The summed E-state index contributed by atoms with van der Waals surface area (Å²) < 4.78 is 1.05. The molecule has 3 rings (SSSR count). The molecule has 0 bridgehead atoms. The van der Waals surface area contributed by atoms with Gasteiger partial charge >= 0.3 is 0 Å². The quantitative estimate of drug-likeness (QED) is 0.696. The first-order chi connectivity index (χ1) is 9.66. The van der Waals surface area contributed by atoms with Gasteiger partial charge in [0.2, 0.25) is 0 Å². The van der Waals surface area contributed by atoms with Gasteiger partial charge in [-0.25, -0.2) is 0 Å². The van der Waals surface area contributed by atoms with Gasteiger partial charge in [0.25, 0.3) is 5.91 Å². The lowest BCUT2D eigenvalue weighted by molar-refractivity contribution is 0.0316. The van der Waals surface area contributed by atoms with E-state index in [-0.39, 0.29) is 5.91 Å². The average molecular weight is 384 g/mol. The van der Waals surface area contributed by atoms with Gasteiger partial charge in [0, 0.05) is 22.7 Å². The molecular formula is C16H21IN2O. The van der Waals surface area contributed by atoms with E-state index in [4.69, 9.17) is 0 Å². The highest BCUT2D eigenvalue weighted by atomic mass is 127. The second-order valence-electron chi connectivity index (χ2n) is 5.97. The number of hydrogen-bond acceptors (Lipinski definition) is 2. The number of rotatable bonds is 1. The fraction of sp³-hybridized carbons (Fsp3) is 0.562. The minimum absolute atomic E-state index is 0.210. The lowest BCUT2D eigenvalue weighted by Crippen LogP contribution is -2.54. The number of likely N-dealkylation sites (tertiary alicyclic amines) is 2. The molecule has 2 aliphatic rings. The zero-order valence-electron chi connectivity index (χ0n) is 11.9. The SMILES string of the molecule is CN1CCCC2CN(C(=O)c3ccccc3I)CCC21. The van der Waals surface area contributed by atoms with Gasteiger partial charge in [-0.05, 0) is 73.5 Å². The summed E-state index contributed by atoms with van der Waals surface area (Å²) in [5.41, 5.74) is 0.857. The molecule has 2 unspecified atom stereocenters. The highest BCUT2D eigenvalue weighted by molar-refractivity contribution is 14.1. The maximum absolute atomic E-state index is 12.7. The van der Waals surface area contributed by atoms with Crippen molar-refractivity contribution in [3.63, 3.8) is 0 Å². The summed E-state index contributed by atoms with van der Waals surface area (Å²) >= 11 is 2.26. The van der Waals surface area contributed by atoms with Crippen molar-refractivity contribution in [3.05, 3.63) is 33.4 Å². The molecule has 2 aliphatic heterocycles. The maximum atomic E-state index is 12.7. The monoisotopic (exact) mass is 384 g/mol. The summed E-state index contributed by atoms with van der Waals surface area (Å²) in [7, 11) is 2.23. The standard InChI is InChI=1S/C16H21IN2O/c1-18-9-4-5-12-11-19(10-8-15(12)18)16(20)13-6-2-3-7-14(13)17/h2-3,6-7,12,15H,4-5,8-11H2,1H3. The summed E-state index contributed by atoms with van der Waals surface area (Å²) in [6.45, 7) is 3.04. The van der Waals surface area contributed by atoms with Crippen LogP contribution in [0.2, 0.25) is 0 Å². The first-order valence-electron chi connectivity index (χ1n) is 7.41. The smallest absolute Gasteiger partial charge is 0.254 e. The molecule has 0 spiro atoms. The molecule has 108 valence electrons. The molecule has 2 atom stereocenters. The number of hydrogen-bond donors (Lipinski definition) is 0.